The molecule has 2 rings (SSSR count). The highest BCUT2D eigenvalue weighted by Crippen LogP contribution is 2.08. The summed E-state index contributed by atoms with van der Waals surface area (Å²) in [5, 5.41) is 15.4. The number of rotatable bonds is 5. The molecule has 7 nitrogen and oxygen atoms in total. The van der Waals surface area contributed by atoms with E-state index in [0.29, 0.717) is 6.54 Å². The van der Waals surface area contributed by atoms with Crippen LogP contribution in [0.2, 0.25) is 0 Å². The number of aromatic nitrogens is 2. The van der Waals surface area contributed by atoms with Crippen LogP contribution in [-0.4, -0.2) is 32.8 Å². The van der Waals surface area contributed by atoms with Crippen LogP contribution in [0.3, 0.4) is 0 Å². The van der Waals surface area contributed by atoms with Crippen LogP contribution in [0, 0.1) is 0 Å². The number of hydrogen-bond acceptors (Lipinski definition) is 4. The summed E-state index contributed by atoms with van der Waals surface area (Å²) in [6, 6.07) is 4.21. The molecular formula is C12H13N3O4. The van der Waals surface area contributed by atoms with E-state index in [1.165, 1.54) is 12.1 Å². The number of hydrogen-bond donors (Lipinski definition) is 2. The summed E-state index contributed by atoms with van der Waals surface area (Å²) in [6.45, 7) is 2.34. The zero-order valence-electron chi connectivity index (χ0n) is 10.2. The number of amides is 1. The Kier molecular flexibility index (Phi) is 3.65. The highest BCUT2D eigenvalue weighted by atomic mass is 16.4. The number of carboxylic acids is 1. The third-order valence-corrected chi connectivity index (χ3v) is 2.44. The summed E-state index contributed by atoms with van der Waals surface area (Å²) in [4.78, 5) is 22.4. The van der Waals surface area contributed by atoms with Crippen LogP contribution in [0.15, 0.2) is 35.0 Å². The van der Waals surface area contributed by atoms with Crippen LogP contribution in [0.4, 0.5) is 0 Å². The lowest BCUT2D eigenvalue weighted by Gasteiger charge is -2.12. The van der Waals surface area contributed by atoms with Crippen molar-refractivity contribution < 1.29 is 19.1 Å². The molecule has 0 aromatic carbocycles. The smallest absolute Gasteiger partial charge is 0.371 e. The normalized spacial score (nSPS) is 12.1. The molecule has 19 heavy (non-hydrogen) atoms. The van der Waals surface area contributed by atoms with Crippen LogP contribution in [0.1, 0.15) is 28.0 Å². The van der Waals surface area contributed by atoms with Gasteiger partial charge in [-0.15, -0.1) is 0 Å². The number of aromatic carboxylic acids is 1. The molecular weight excluding hydrogens is 250 g/mol. The van der Waals surface area contributed by atoms with Gasteiger partial charge in [0.2, 0.25) is 5.76 Å². The summed E-state index contributed by atoms with van der Waals surface area (Å²) in [6.07, 6.45) is 3.44. The monoisotopic (exact) mass is 263 g/mol. The van der Waals surface area contributed by atoms with E-state index in [9.17, 15) is 9.59 Å². The fraction of sp³-hybridized carbons (Fsp3) is 0.250. The number of nitrogens with zero attached hydrogens (tertiary/aromatic N) is 2. The molecule has 2 N–H and O–H groups in total. The van der Waals surface area contributed by atoms with Crippen molar-refractivity contribution in [2.45, 2.75) is 19.5 Å². The Bertz CT molecular complexity index is 574. The van der Waals surface area contributed by atoms with Crippen molar-refractivity contribution in [3.63, 3.8) is 0 Å². The van der Waals surface area contributed by atoms with E-state index >= 15 is 0 Å². The third-order valence-electron chi connectivity index (χ3n) is 2.44. The number of carbonyl (C=O) groups excluding carboxylic acids is 1. The van der Waals surface area contributed by atoms with E-state index in [4.69, 9.17) is 9.52 Å². The minimum atomic E-state index is -1.20. The second-order valence-corrected chi connectivity index (χ2v) is 4.07. The predicted octanol–water partition coefficient (Wildman–Crippen LogP) is 0.993. The molecule has 1 unspecified atom stereocenters. The Labute approximate surface area is 108 Å². The quantitative estimate of drug-likeness (QED) is 0.838. The molecule has 1 atom stereocenters. The minimum Gasteiger partial charge on any atom is -0.475 e. The zero-order valence-corrected chi connectivity index (χ0v) is 10.2. The van der Waals surface area contributed by atoms with E-state index in [1.807, 2.05) is 6.92 Å². The maximum Gasteiger partial charge on any atom is 0.371 e. The van der Waals surface area contributed by atoms with Gasteiger partial charge in [-0.3, -0.25) is 9.48 Å². The van der Waals surface area contributed by atoms with E-state index < -0.39 is 11.9 Å². The Morgan fingerprint density at radius 1 is 1.47 bits per heavy atom. The lowest BCUT2D eigenvalue weighted by molar-refractivity contribution is 0.0659. The summed E-state index contributed by atoms with van der Waals surface area (Å²) in [5.74, 6) is -1.94. The highest BCUT2D eigenvalue weighted by molar-refractivity contribution is 5.93. The van der Waals surface area contributed by atoms with Crippen LogP contribution in [0.25, 0.3) is 0 Å². The Balaban J connectivity index is 1.94. The van der Waals surface area contributed by atoms with Gasteiger partial charge in [0.1, 0.15) is 0 Å². The molecule has 0 spiro atoms. The molecule has 0 fully saturated rings. The third kappa shape index (κ3) is 3.21. The highest BCUT2D eigenvalue weighted by Gasteiger charge is 2.16. The van der Waals surface area contributed by atoms with Crippen molar-refractivity contribution in [1.82, 2.24) is 15.1 Å². The summed E-state index contributed by atoms with van der Waals surface area (Å²) >= 11 is 0. The molecule has 2 aromatic heterocycles. The second kappa shape index (κ2) is 5.38. The zero-order chi connectivity index (χ0) is 13.8. The van der Waals surface area contributed by atoms with Crippen molar-refractivity contribution in [3.05, 3.63) is 42.1 Å². The minimum absolute atomic E-state index is 0.0234. The largest absolute Gasteiger partial charge is 0.475 e. The first-order valence-electron chi connectivity index (χ1n) is 5.67. The molecule has 2 heterocycles. The average Bonchev–Trinajstić information content (AvgIpc) is 2.98. The SMILES string of the molecule is CC(Cn1cccn1)NC(=O)c1ccc(C(=O)O)o1. The van der Waals surface area contributed by atoms with Crippen molar-refractivity contribution in [1.29, 1.82) is 0 Å². The van der Waals surface area contributed by atoms with Gasteiger partial charge in [-0.25, -0.2) is 4.79 Å². The van der Waals surface area contributed by atoms with Crippen LogP contribution >= 0.6 is 0 Å². The van der Waals surface area contributed by atoms with Crippen molar-refractivity contribution in [2.24, 2.45) is 0 Å². The van der Waals surface area contributed by atoms with Crippen LogP contribution in [0.5, 0.6) is 0 Å². The summed E-state index contributed by atoms with van der Waals surface area (Å²) in [7, 11) is 0. The van der Waals surface area contributed by atoms with E-state index in [1.54, 1.807) is 23.1 Å². The maximum absolute atomic E-state index is 11.8. The van der Waals surface area contributed by atoms with Crippen molar-refractivity contribution in [3.8, 4) is 0 Å². The molecule has 1 amide bonds. The molecule has 0 radical (unpaired) electrons. The summed E-state index contributed by atoms with van der Waals surface area (Å²) < 4.78 is 6.60. The lowest BCUT2D eigenvalue weighted by atomic mass is 10.3. The first-order valence-corrected chi connectivity index (χ1v) is 5.67. The molecule has 0 saturated heterocycles. The fourth-order valence-electron chi connectivity index (χ4n) is 1.60. The molecule has 0 saturated carbocycles. The molecule has 100 valence electrons. The molecule has 0 aliphatic rings. The molecule has 0 bridgehead atoms. The Morgan fingerprint density at radius 2 is 2.21 bits per heavy atom. The fourth-order valence-corrected chi connectivity index (χ4v) is 1.60. The van der Waals surface area contributed by atoms with Gasteiger partial charge in [-0.05, 0) is 25.1 Å². The van der Waals surface area contributed by atoms with Crippen molar-refractivity contribution in [2.75, 3.05) is 0 Å². The molecule has 0 aliphatic heterocycles. The topological polar surface area (TPSA) is 97.4 Å². The van der Waals surface area contributed by atoms with Gasteiger partial charge in [0.15, 0.2) is 5.76 Å². The van der Waals surface area contributed by atoms with Crippen LogP contribution in [-0.2, 0) is 6.54 Å². The predicted molar refractivity (Wildman–Crippen MR) is 64.8 cm³/mol. The van der Waals surface area contributed by atoms with Gasteiger partial charge in [0, 0.05) is 18.4 Å². The van der Waals surface area contributed by atoms with E-state index in [0.717, 1.165) is 0 Å². The first-order chi connectivity index (χ1) is 9.06. The van der Waals surface area contributed by atoms with E-state index in [-0.39, 0.29) is 17.6 Å². The van der Waals surface area contributed by atoms with Gasteiger partial charge in [-0.2, -0.15) is 5.10 Å². The summed E-state index contributed by atoms with van der Waals surface area (Å²) in [5.41, 5.74) is 0. The Morgan fingerprint density at radius 3 is 2.79 bits per heavy atom. The number of nitrogens with one attached hydrogen (secondary N) is 1. The van der Waals surface area contributed by atoms with Gasteiger partial charge in [0.25, 0.3) is 5.91 Å². The van der Waals surface area contributed by atoms with Crippen molar-refractivity contribution >= 4 is 11.9 Å². The van der Waals surface area contributed by atoms with E-state index in [2.05, 4.69) is 10.4 Å². The van der Waals surface area contributed by atoms with Gasteiger partial charge < -0.3 is 14.8 Å². The number of carboxylic acid groups (broad SMARTS) is 1. The Hall–Kier alpha value is -2.57. The molecule has 7 heteroatoms. The first kappa shape index (κ1) is 12.9. The standard InChI is InChI=1S/C12H13N3O4/c1-8(7-15-6-2-5-13-15)14-11(16)9-3-4-10(19-9)12(17)18/h2-6,8H,7H2,1H3,(H,14,16)(H,17,18). The molecule has 2 aromatic rings. The van der Waals surface area contributed by atoms with Gasteiger partial charge in [-0.1, -0.05) is 0 Å². The van der Waals surface area contributed by atoms with Crippen LogP contribution < -0.4 is 5.32 Å². The van der Waals surface area contributed by atoms with Gasteiger partial charge in [0.05, 0.1) is 6.54 Å². The lowest BCUT2D eigenvalue weighted by Crippen LogP contribution is -2.35. The number of furan rings is 1. The number of carbonyl (C=O) groups is 2. The second-order valence-electron chi connectivity index (χ2n) is 4.07. The van der Waals surface area contributed by atoms with Gasteiger partial charge >= 0.3 is 5.97 Å². The average molecular weight is 263 g/mol. The molecule has 0 aliphatic carbocycles. The maximum atomic E-state index is 11.8.